The maximum atomic E-state index is 12.6. The third-order valence-electron chi connectivity index (χ3n) is 3.73. The molecule has 2 amide bonds. The van der Waals surface area contributed by atoms with Crippen molar-refractivity contribution in [3.05, 3.63) is 42.0 Å². The molecular weight excluding hydrogens is 378 g/mol. The first-order chi connectivity index (χ1) is 13.5. The minimum atomic E-state index is -0.263. The Kier molecular flexibility index (Phi) is 6.10. The Morgan fingerprint density at radius 2 is 1.75 bits per heavy atom. The highest BCUT2D eigenvalue weighted by molar-refractivity contribution is 7.22. The van der Waals surface area contributed by atoms with E-state index < -0.39 is 0 Å². The minimum absolute atomic E-state index is 0.173. The number of hydrogen-bond acceptors (Lipinski definition) is 6. The summed E-state index contributed by atoms with van der Waals surface area (Å²) in [5.41, 5.74) is 1.78. The Morgan fingerprint density at radius 1 is 1.00 bits per heavy atom. The second-order valence-corrected chi connectivity index (χ2v) is 6.90. The molecule has 0 radical (unpaired) electrons. The van der Waals surface area contributed by atoms with Crippen molar-refractivity contribution < 1.29 is 19.1 Å². The first kappa shape index (κ1) is 19.6. The van der Waals surface area contributed by atoms with Crippen molar-refractivity contribution >= 4 is 44.2 Å². The number of nitrogens with zero attached hydrogens (tertiary/aromatic N) is 1. The monoisotopic (exact) mass is 399 g/mol. The van der Waals surface area contributed by atoms with Gasteiger partial charge in [0.05, 0.1) is 23.4 Å². The molecule has 0 spiro atoms. The van der Waals surface area contributed by atoms with E-state index in [1.807, 2.05) is 19.9 Å². The number of carbonyl (C=O) groups is 2. The van der Waals surface area contributed by atoms with Crippen LogP contribution in [0.5, 0.6) is 11.5 Å². The topological polar surface area (TPSA) is 89.6 Å². The molecule has 3 aromatic rings. The fourth-order valence-electron chi connectivity index (χ4n) is 2.60. The molecule has 0 aliphatic heterocycles. The van der Waals surface area contributed by atoms with E-state index in [4.69, 9.17) is 9.47 Å². The first-order valence-electron chi connectivity index (χ1n) is 8.89. The van der Waals surface area contributed by atoms with Crippen LogP contribution in [-0.4, -0.2) is 30.0 Å². The van der Waals surface area contributed by atoms with Crippen molar-refractivity contribution in [3.8, 4) is 11.5 Å². The number of aromatic nitrogens is 1. The van der Waals surface area contributed by atoms with Crippen LogP contribution in [0.2, 0.25) is 0 Å². The highest BCUT2D eigenvalue weighted by atomic mass is 32.1. The third-order valence-corrected chi connectivity index (χ3v) is 4.69. The molecule has 0 atom stereocenters. The van der Waals surface area contributed by atoms with Gasteiger partial charge >= 0.3 is 0 Å². The van der Waals surface area contributed by atoms with Gasteiger partial charge in [-0.25, -0.2) is 4.98 Å². The molecule has 0 unspecified atom stereocenters. The van der Waals surface area contributed by atoms with Crippen LogP contribution in [0, 0.1) is 0 Å². The largest absolute Gasteiger partial charge is 0.490 e. The van der Waals surface area contributed by atoms with Gasteiger partial charge in [0.2, 0.25) is 5.91 Å². The maximum Gasteiger partial charge on any atom is 0.255 e. The van der Waals surface area contributed by atoms with Gasteiger partial charge in [-0.1, -0.05) is 11.3 Å². The molecule has 3 rings (SSSR count). The Labute approximate surface area is 166 Å². The van der Waals surface area contributed by atoms with Crippen molar-refractivity contribution in [1.82, 2.24) is 4.98 Å². The van der Waals surface area contributed by atoms with E-state index in [9.17, 15) is 9.59 Å². The smallest absolute Gasteiger partial charge is 0.255 e. The molecule has 2 N–H and O–H groups in total. The molecule has 28 heavy (non-hydrogen) atoms. The number of benzene rings is 2. The minimum Gasteiger partial charge on any atom is -0.490 e. The summed E-state index contributed by atoms with van der Waals surface area (Å²) in [6, 6.07) is 10.5. The highest BCUT2D eigenvalue weighted by Crippen LogP contribution is 2.30. The van der Waals surface area contributed by atoms with E-state index in [1.165, 1.54) is 18.3 Å². The third kappa shape index (κ3) is 4.58. The molecule has 7 nitrogen and oxygen atoms in total. The van der Waals surface area contributed by atoms with Crippen LogP contribution in [0.1, 0.15) is 31.1 Å². The molecule has 1 heterocycles. The van der Waals surface area contributed by atoms with Crippen molar-refractivity contribution in [2.75, 3.05) is 23.8 Å². The molecule has 0 fully saturated rings. The van der Waals surface area contributed by atoms with E-state index in [1.54, 1.807) is 30.3 Å². The van der Waals surface area contributed by atoms with Gasteiger partial charge in [-0.15, -0.1) is 0 Å². The summed E-state index contributed by atoms with van der Waals surface area (Å²) < 4.78 is 12.0. The van der Waals surface area contributed by atoms with Crippen LogP contribution in [-0.2, 0) is 4.79 Å². The Morgan fingerprint density at radius 3 is 2.46 bits per heavy atom. The van der Waals surface area contributed by atoms with Gasteiger partial charge in [-0.3, -0.25) is 9.59 Å². The van der Waals surface area contributed by atoms with E-state index in [-0.39, 0.29) is 11.8 Å². The van der Waals surface area contributed by atoms with Gasteiger partial charge in [-0.2, -0.15) is 0 Å². The van der Waals surface area contributed by atoms with Crippen LogP contribution >= 0.6 is 11.3 Å². The fourth-order valence-corrected chi connectivity index (χ4v) is 3.50. The van der Waals surface area contributed by atoms with E-state index in [2.05, 4.69) is 15.6 Å². The number of anilines is 2. The number of rotatable bonds is 7. The lowest BCUT2D eigenvalue weighted by atomic mass is 10.1. The lowest BCUT2D eigenvalue weighted by Crippen LogP contribution is -2.12. The number of amides is 2. The SMILES string of the molecule is CCOc1ccc(C(=O)Nc2ccc3sc(NC(C)=O)nc3c2)cc1OCC. The molecule has 0 saturated heterocycles. The lowest BCUT2D eigenvalue weighted by molar-refractivity contribution is -0.114. The number of fused-ring (bicyclic) bond motifs is 1. The fraction of sp³-hybridized carbons (Fsp3) is 0.250. The van der Waals surface area contributed by atoms with Crippen LogP contribution < -0.4 is 20.1 Å². The van der Waals surface area contributed by atoms with Crippen molar-refractivity contribution in [2.45, 2.75) is 20.8 Å². The van der Waals surface area contributed by atoms with E-state index >= 15 is 0 Å². The Bertz CT molecular complexity index is 1020. The number of nitrogens with one attached hydrogen (secondary N) is 2. The molecule has 2 aromatic carbocycles. The van der Waals surface area contributed by atoms with Crippen LogP contribution in [0.3, 0.4) is 0 Å². The second kappa shape index (κ2) is 8.71. The van der Waals surface area contributed by atoms with Gasteiger partial charge in [0.25, 0.3) is 5.91 Å². The summed E-state index contributed by atoms with van der Waals surface area (Å²) in [5, 5.41) is 6.06. The van der Waals surface area contributed by atoms with Crippen molar-refractivity contribution in [2.24, 2.45) is 0 Å². The zero-order valence-corrected chi connectivity index (χ0v) is 16.7. The first-order valence-corrected chi connectivity index (χ1v) is 9.71. The molecule has 0 bridgehead atoms. The maximum absolute atomic E-state index is 12.6. The molecule has 146 valence electrons. The average Bonchev–Trinajstić information content (AvgIpc) is 3.04. The summed E-state index contributed by atoms with van der Waals surface area (Å²) in [7, 11) is 0. The van der Waals surface area contributed by atoms with Gasteiger partial charge in [0.1, 0.15) is 0 Å². The van der Waals surface area contributed by atoms with Crippen LogP contribution in [0.15, 0.2) is 36.4 Å². The van der Waals surface area contributed by atoms with Gasteiger partial charge in [0.15, 0.2) is 16.6 Å². The average molecular weight is 399 g/mol. The van der Waals surface area contributed by atoms with E-state index in [0.29, 0.717) is 46.6 Å². The number of ether oxygens (including phenoxy) is 2. The molecular formula is C20H21N3O4S. The quantitative estimate of drug-likeness (QED) is 0.618. The Balaban J connectivity index is 1.80. The van der Waals surface area contributed by atoms with Gasteiger partial charge in [0, 0.05) is 18.2 Å². The molecule has 0 saturated carbocycles. The zero-order chi connectivity index (χ0) is 20.1. The van der Waals surface area contributed by atoms with E-state index in [0.717, 1.165) is 4.70 Å². The summed E-state index contributed by atoms with van der Waals surface area (Å²) in [6.07, 6.45) is 0. The number of thiazole rings is 1. The predicted molar refractivity (Wildman–Crippen MR) is 111 cm³/mol. The molecule has 8 heteroatoms. The van der Waals surface area contributed by atoms with Gasteiger partial charge in [-0.05, 0) is 50.2 Å². The number of carbonyl (C=O) groups excluding carboxylic acids is 2. The number of hydrogen-bond donors (Lipinski definition) is 2. The summed E-state index contributed by atoms with van der Waals surface area (Å²) >= 11 is 1.38. The van der Waals surface area contributed by atoms with Crippen LogP contribution in [0.25, 0.3) is 10.2 Å². The summed E-state index contributed by atoms with van der Waals surface area (Å²) in [5.74, 6) is 0.705. The summed E-state index contributed by atoms with van der Waals surface area (Å²) in [6.45, 7) is 6.19. The zero-order valence-electron chi connectivity index (χ0n) is 15.9. The molecule has 0 aliphatic carbocycles. The lowest BCUT2D eigenvalue weighted by Gasteiger charge is -2.12. The highest BCUT2D eigenvalue weighted by Gasteiger charge is 2.13. The molecule has 1 aromatic heterocycles. The van der Waals surface area contributed by atoms with Gasteiger partial charge < -0.3 is 20.1 Å². The second-order valence-electron chi connectivity index (χ2n) is 5.86. The predicted octanol–water partition coefficient (Wildman–Crippen LogP) is 4.30. The van der Waals surface area contributed by atoms with Crippen LogP contribution in [0.4, 0.5) is 10.8 Å². The standard InChI is InChI=1S/C20H21N3O4S/c1-4-26-16-8-6-13(10-17(16)27-5-2)19(25)22-14-7-9-18-15(11-14)23-20(28-18)21-12(3)24/h6-11H,4-5H2,1-3H3,(H,22,25)(H,21,23,24). The van der Waals surface area contributed by atoms with Crippen molar-refractivity contribution in [3.63, 3.8) is 0 Å². The summed E-state index contributed by atoms with van der Waals surface area (Å²) in [4.78, 5) is 28.2. The van der Waals surface area contributed by atoms with Crippen molar-refractivity contribution in [1.29, 1.82) is 0 Å². The normalized spacial score (nSPS) is 10.5. The Hall–Kier alpha value is -3.13. The molecule has 0 aliphatic rings.